The predicted molar refractivity (Wildman–Crippen MR) is 190 cm³/mol. The molecule has 49 heavy (non-hydrogen) atoms. The molecule has 2 aromatic rings. The lowest BCUT2D eigenvalue weighted by Gasteiger charge is -2.36. The Balaban J connectivity index is 1.43. The Bertz CT molecular complexity index is 1680. The smallest absolute Gasteiger partial charge is 0.353 e. The standard InChI is InChI=1S/C36H43ClF3N7O2/c1-6-9-10-25(7-2)13-16-42-32(36(38,39)40)28(8-3)31-23-43-33(45(31)5)24(4)44-27-11-12-29(30(37)21-27)35(49)47-19-17-46(18-20-47)34(48)26-14-15-41-22-26/h6-12,21,23,26,41,44H,2,4,13-20,22H2,1,3,5H3/b9-6-,25-10+,28-8-,42-32?. The molecule has 0 spiro atoms. The Hall–Kier alpha value is -4.42. The second-order valence-corrected chi connectivity index (χ2v) is 12.2. The second-order valence-electron chi connectivity index (χ2n) is 11.8. The molecule has 1 aromatic carbocycles. The van der Waals surface area contributed by atoms with Crippen molar-refractivity contribution >= 4 is 46.1 Å². The number of hydrogen-bond donors (Lipinski definition) is 2. The van der Waals surface area contributed by atoms with Gasteiger partial charge in [0.2, 0.25) is 5.91 Å². The highest BCUT2D eigenvalue weighted by molar-refractivity contribution is 6.34. The van der Waals surface area contributed by atoms with E-state index in [-0.39, 0.29) is 40.6 Å². The van der Waals surface area contributed by atoms with E-state index in [4.69, 9.17) is 11.6 Å². The number of amides is 2. The van der Waals surface area contributed by atoms with Crippen LogP contribution in [0.3, 0.4) is 0 Å². The number of piperazine rings is 1. The Kier molecular flexibility index (Phi) is 12.8. The number of imidazole rings is 1. The third-order valence-electron chi connectivity index (χ3n) is 8.56. The van der Waals surface area contributed by atoms with Crippen molar-refractivity contribution in [3.63, 3.8) is 0 Å². The minimum absolute atomic E-state index is 0.00237. The zero-order valence-electron chi connectivity index (χ0n) is 28.1. The molecule has 0 aliphatic carbocycles. The fourth-order valence-corrected chi connectivity index (χ4v) is 6.13. The van der Waals surface area contributed by atoms with E-state index in [1.807, 2.05) is 17.9 Å². The normalized spacial score (nSPS) is 17.9. The maximum absolute atomic E-state index is 14.3. The summed E-state index contributed by atoms with van der Waals surface area (Å²) in [5.41, 5.74) is 1.04. The molecule has 2 amide bonds. The van der Waals surface area contributed by atoms with Crippen LogP contribution in [-0.4, -0.2) is 88.9 Å². The Morgan fingerprint density at radius 3 is 2.49 bits per heavy atom. The maximum atomic E-state index is 14.3. The van der Waals surface area contributed by atoms with Gasteiger partial charge in [0.15, 0.2) is 5.82 Å². The molecule has 1 unspecified atom stereocenters. The third kappa shape index (κ3) is 9.18. The molecule has 1 aromatic heterocycles. The van der Waals surface area contributed by atoms with E-state index >= 15 is 0 Å². The van der Waals surface area contributed by atoms with Gasteiger partial charge in [-0.05, 0) is 57.0 Å². The number of benzene rings is 1. The molecular formula is C36H43ClF3N7O2. The lowest BCUT2D eigenvalue weighted by Crippen LogP contribution is -2.52. The second kappa shape index (κ2) is 16.8. The molecule has 2 saturated heterocycles. The minimum Gasteiger partial charge on any atom is -0.353 e. The van der Waals surface area contributed by atoms with Crippen LogP contribution >= 0.6 is 11.6 Å². The molecule has 4 rings (SSSR count). The van der Waals surface area contributed by atoms with E-state index in [1.54, 1.807) is 48.4 Å². The number of nitrogens with one attached hydrogen (secondary N) is 2. The number of alkyl halides is 3. The van der Waals surface area contributed by atoms with Crippen LogP contribution in [0.25, 0.3) is 11.3 Å². The van der Waals surface area contributed by atoms with Gasteiger partial charge >= 0.3 is 6.18 Å². The van der Waals surface area contributed by atoms with Crippen LogP contribution < -0.4 is 10.6 Å². The quantitative estimate of drug-likeness (QED) is 0.194. The van der Waals surface area contributed by atoms with Gasteiger partial charge in [0.25, 0.3) is 5.91 Å². The zero-order valence-corrected chi connectivity index (χ0v) is 28.9. The Morgan fingerprint density at radius 2 is 1.90 bits per heavy atom. The monoisotopic (exact) mass is 697 g/mol. The zero-order chi connectivity index (χ0) is 35.7. The molecule has 2 fully saturated rings. The predicted octanol–water partition coefficient (Wildman–Crippen LogP) is 6.54. The third-order valence-corrected chi connectivity index (χ3v) is 8.88. The Morgan fingerprint density at radius 1 is 1.18 bits per heavy atom. The molecule has 0 saturated carbocycles. The van der Waals surface area contributed by atoms with Gasteiger partial charge in [-0.2, -0.15) is 13.2 Å². The van der Waals surface area contributed by atoms with E-state index in [2.05, 4.69) is 33.8 Å². The highest BCUT2D eigenvalue weighted by Gasteiger charge is 2.39. The summed E-state index contributed by atoms with van der Waals surface area (Å²) in [5, 5.41) is 6.54. The highest BCUT2D eigenvalue weighted by Crippen LogP contribution is 2.31. The molecule has 3 heterocycles. The van der Waals surface area contributed by atoms with Crippen LogP contribution in [0.15, 0.2) is 78.5 Å². The van der Waals surface area contributed by atoms with Crippen molar-refractivity contribution in [2.45, 2.75) is 32.9 Å². The number of rotatable bonds is 12. The summed E-state index contributed by atoms with van der Waals surface area (Å²) >= 11 is 6.56. The van der Waals surface area contributed by atoms with Gasteiger partial charge in [-0.25, -0.2) is 4.98 Å². The molecular weight excluding hydrogens is 655 g/mol. The fourth-order valence-electron chi connectivity index (χ4n) is 5.86. The van der Waals surface area contributed by atoms with Gasteiger partial charge in [0.05, 0.1) is 34.1 Å². The van der Waals surface area contributed by atoms with Crippen molar-refractivity contribution in [1.82, 2.24) is 24.7 Å². The molecule has 1 atom stereocenters. The summed E-state index contributed by atoms with van der Waals surface area (Å²) in [6.07, 6.45) is 6.17. The molecule has 9 nitrogen and oxygen atoms in total. The molecule has 0 radical (unpaired) electrons. The van der Waals surface area contributed by atoms with Crippen molar-refractivity contribution in [3.8, 4) is 0 Å². The first-order valence-corrected chi connectivity index (χ1v) is 16.6. The summed E-state index contributed by atoms with van der Waals surface area (Å²) in [5.74, 6) is 0.204. The average Bonchev–Trinajstić information content (AvgIpc) is 3.75. The van der Waals surface area contributed by atoms with E-state index in [9.17, 15) is 22.8 Å². The number of aliphatic imine (C=N–C) groups is 1. The topological polar surface area (TPSA) is 94.9 Å². The van der Waals surface area contributed by atoms with Gasteiger partial charge in [0.1, 0.15) is 5.71 Å². The van der Waals surface area contributed by atoms with Gasteiger partial charge < -0.3 is 25.0 Å². The number of aromatic nitrogens is 2. The molecule has 2 N–H and O–H groups in total. The van der Waals surface area contributed by atoms with Crippen LogP contribution in [0.1, 0.15) is 48.6 Å². The van der Waals surface area contributed by atoms with E-state index < -0.39 is 11.9 Å². The number of hydrogen-bond acceptors (Lipinski definition) is 6. The Labute approximate surface area is 290 Å². The number of halogens is 4. The largest absolute Gasteiger partial charge is 0.433 e. The van der Waals surface area contributed by atoms with Crippen LogP contribution in [-0.2, 0) is 11.8 Å². The van der Waals surface area contributed by atoms with E-state index in [1.165, 1.54) is 23.8 Å². The number of carbonyl (C=O) groups is 2. The average molecular weight is 698 g/mol. The molecule has 262 valence electrons. The van der Waals surface area contributed by atoms with Crippen molar-refractivity contribution in [2.75, 3.05) is 51.1 Å². The van der Waals surface area contributed by atoms with E-state index in [0.717, 1.165) is 18.5 Å². The molecule has 0 bridgehead atoms. The first-order chi connectivity index (χ1) is 23.4. The summed E-state index contributed by atoms with van der Waals surface area (Å²) < 4.78 is 44.3. The van der Waals surface area contributed by atoms with Crippen LogP contribution in [0.5, 0.6) is 0 Å². The van der Waals surface area contributed by atoms with Crippen LogP contribution in [0.2, 0.25) is 5.02 Å². The van der Waals surface area contributed by atoms with Gasteiger partial charge in [-0.3, -0.25) is 14.6 Å². The van der Waals surface area contributed by atoms with Crippen molar-refractivity contribution < 1.29 is 22.8 Å². The lowest BCUT2D eigenvalue weighted by atomic mass is 10.1. The van der Waals surface area contributed by atoms with Gasteiger partial charge in [-0.15, -0.1) is 0 Å². The first-order valence-electron chi connectivity index (χ1n) is 16.2. The number of allylic oxidation sites excluding steroid dienone is 6. The van der Waals surface area contributed by atoms with Crippen LogP contribution in [0.4, 0.5) is 18.9 Å². The minimum atomic E-state index is -4.70. The van der Waals surface area contributed by atoms with Gasteiger partial charge in [0, 0.05) is 57.6 Å². The molecule has 2 aliphatic rings. The first kappa shape index (κ1) is 37.4. The number of anilines is 1. The summed E-state index contributed by atoms with van der Waals surface area (Å²) in [6, 6.07) is 4.88. The number of nitrogens with zero attached hydrogens (tertiary/aromatic N) is 5. The van der Waals surface area contributed by atoms with E-state index in [0.29, 0.717) is 61.9 Å². The fraction of sp³-hybridized carbons (Fsp3) is 0.389. The maximum Gasteiger partial charge on any atom is 0.433 e. The van der Waals surface area contributed by atoms with Crippen molar-refractivity contribution in [2.24, 2.45) is 18.0 Å². The highest BCUT2D eigenvalue weighted by atomic mass is 35.5. The number of carbonyl (C=O) groups excluding carboxylic acids is 2. The van der Waals surface area contributed by atoms with Crippen molar-refractivity contribution in [1.29, 1.82) is 0 Å². The summed E-state index contributed by atoms with van der Waals surface area (Å²) in [6.45, 7) is 14.4. The molecule has 13 heteroatoms. The lowest BCUT2D eigenvalue weighted by molar-refractivity contribution is -0.136. The SMILES string of the molecule is C=C/C(=C\C=C/C)CCN=C(/C(=C\C)c1cnc(C(=C)Nc2ccc(C(=O)N3CCN(C(=O)C4CCNC4)CC3)c(Cl)c2)n1C)C(F)(F)F. The van der Waals surface area contributed by atoms with Crippen LogP contribution in [0, 0.1) is 5.92 Å². The van der Waals surface area contributed by atoms with Gasteiger partial charge in [-0.1, -0.05) is 55.1 Å². The van der Waals surface area contributed by atoms with Crippen molar-refractivity contribution in [3.05, 3.63) is 95.6 Å². The summed E-state index contributed by atoms with van der Waals surface area (Å²) in [7, 11) is 1.60. The summed E-state index contributed by atoms with van der Waals surface area (Å²) in [4.78, 5) is 37.9. The molecule has 2 aliphatic heterocycles.